The van der Waals surface area contributed by atoms with Crippen LogP contribution in [0.1, 0.15) is 61.0 Å². The summed E-state index contributed by atoms with van der Waals surface area (Å²) in [5.74, 6) is 0.136. The molecule has 0 unspecified atom stereocenters. The van der Waals surface area contributed by atoms with Gasteiger partial charge in [-0.1, -0.05) is 31.2 Å². The van der Waals surface area contributed by atoms with Gasteiger partial charge in [-0.25, -0.2) is 0 Å². The number of amides is 1. The van der Waals surface area contributed by atoms with Crippen LogP contribution in [0.2, 0.25) is 0 Å². The molecule has 1 fully saturated rings. The van der Waals surface area contributed by atoms with E-state index in [4.69, 9.17) is 0 Å². The highest BCUT2D eigenvalue weighted by molar-refractivity contribution is 5.91. The standard InChI is InChI=1S/C27H33N3O/c1-4-27(17-24(31)28-20-15-18(2)14-19(3)16-20)11-7-12-30-13-10-22-21-8-5-6-9-23(21)29-25(22)26(27)30/h5-6,8-9,14-16,26,29H,4,7,10-13,17H2,1-3H3,(H,28,31)/t26-,27+/m1/s1. The van der Waals surface area contributed by atoms with Gasteiger partial charge in [-0.15, -0.1) is 0 Å². The number of carbonyl (C=O) groups excluding carboxylic acids is 1. The number of aromatic amines is 1. The molecule has 3 heterocycles. The zero-order valence-corrected chi connectivity index (χ0v) is 18.9. The number of rotatable bonds is 4. The van der Waals surface area contributed by atoms with Crippen molar-refractivity contribution in [3.8, 4) is 0 Å². The van der Waals surface area contributed by atoms with Crippen LogP contribution in [0.4, 0.5) is 5.69 Å². The molecule has 31 heavy (non-hydrogen) atoms. The van der Waals surface area contributed by atoms with Crippen LogP contribution >= 0.6 is 0 Å². The molecule has 2 aliphatic heterocycles. The third-order valence-corrected chi connectivity index (χ3v) is 7.56. The average Bonchev–Trinajstić information content (AvgIpc) is 3.11. The summed E-state index contributed by atoms with van der Waals surface area (Å²) in [5, 5.41) is 4.56. The second-order valence-corrected chi connectivity index (χ2v) is 9.67. The Bertz CT molecular complexity index is 1110. The summed E-state index contributed by atoms with van der Waals surface area (Å²) in [6.07, 6.45) is 4.91. The number of nitrogens with one attached hydrogen (secondary N) is 2. The minimum atomic E-state index is -0.0444. The lowest BCUT2D eigenvalue weighted by Crippen LogP contribution is -2.50. The molecule has 1 amide bonds. The number of anilines is 1. The minimum Gasteiger partial charge on any atom is -0.357 e. The monoisotopic (exact) mass is 415 g/mol. The summed E-state index contributed by atoms with van der Waals surface area (Å²) in [7, 11) is 0. The molecule has 1 aromatic heterocycles. The van der Waals surface area contributed by atoms with Crippen molar-refractivity contribution < 1.29 is 4.79 Å². The molecule has 0 bridgehead atoms. The number of piperidine rings is 1. The van der Waals surface area contributed by atoms with E-state index in [2.05, 4.69) is 78.4 Å². The van der Waals surface area contributed by atoms with Gasteiger partial charge in [-0.2, -0.15) is 0 Å². The van der Waals surface area contributed by atoms with Gasteiger partial charge < -0.3 is 10.3 Å². The second-order valence-electron chi connectivity index (χ2n) is 9.67. The van der Waals surface area contributed by atoms with Crippen LogP contribution in [0.15, 0.2) is 42.5 Å². The Morgan fingerprint density at radius 1 is 1.16 bits per heavy atom. The topological polar surface area (TPSA) is 48.1 Å². The Hall–Kier alpha value is -2.59. The van der Waals surface area contributed by atoms with Crippen molar-refractivity contribution in [1.82, 2.24) is 9.88 Å². The fourth-order valence-corrected chi connectivity index (χ4v) is 6.25. The largest absolute Gasteiger partial charge is 0.357 e. The molecule has 0 spiro atoms. The predicted molar refractivity (Wildman–Crippen MR) is 127 cm³/mol. The predicted octanol–water partition coefficient (Wildman–Crippen LogP) is 5.90. The van der Waals surface area contributed by atoms with Crippen molar-refractivity contribution in [3.05, 3.63) is 64.8 Å². The highest BCUT2D eigenvalue weighted by Crippen LogP contribution is 2.53. The van der Waals surface area contributed by atoms with Crippen molar-refractivity contribution in [2.45, 2.75) is 58.9 Å². The molecule has 1 saturated heterocycles. The number of aryl methyl sites for hydroxylation is 2. The van der Waals surface area contributed by atoms with Crippen molar-refractivity contribution in [1.29, 1.82) is 0 Å². The van der Waals surface area contributed by atoms with E-state index >= 15 is 0 Å². The van der Waals surface area contributed by atoms with E-state index in [1.165, 1.54) is 33.3 Å². The average molecular weight is 416 g/mol. The van der Waals surface area contributed by atoms with Gasteiger partial charge in [-0.05, 0) is 81.0 Å². The molecule has 4 heteroatoms. The molecule has 0 aliphatic carbocycles. The SMILES string of the molecule is CC[C@@]1(CC(=O)Nc2cc(C)cc(C)c2)CCCN2CCc3c([nH]c4ccccc34)[C@@H]21. The summed E-state index contributed by atoms with van der Waals surface area (Å²) in [4.78, 5) is 19.7. The van der Waals surface area contributed by atoms with Crippen LogP contribution in [-0.4, -0.2) is 28.9 Å². The smallest absolute Gasteiger partial charge is 0.225 e. The molecule has 2 N–H and O–H groups in total. The first-order valence-electron chi connectivity index (χ1n) is 11.7. The minimum absolute atomic E-state index is 0.0444. The van der Waals surface area contributed by atoms with Crippen LogP contribution in [0, 0.1) is 19.3 Å². The lowest BCUT2D eigenvalue weighted by molar-refractivity contribution is -0.121. The van der Waals surface area contributed by atoms with Gasteiger partial charge in [0.1, 0.15) is 0 Å². The van der Waals surface area contributed by atoms with Crippen LogP contribution in [0.5, 0.6) is 0 Å². The van der Waals surface area contributed by atoms with Crippen molar-refractivity contribution >= 4 is 22.5 Å². The Balaban J connectivity index is 1.49. The Morgan fingerprint density at radius 2 is 1.94 bits per heavy atom. The van der Waals surface area contributed by atoms with Crippen molar-refractivity contribution in [2.75, 3.05) is 18.4 Å². The molecule has 3 aromatic rings. The van der Waals surface area contributed by atoms with Gasteiger partial charge in [0, 0.05) is 40.7 Å². The van der Waals surface area contributed by atoms with E-state index in [0.29, 0.717) is 6.42 Å². The highest BCUT2D eigenvalue weighted by Gasteiger charge is 2.48. The van der Waals surface area contributed by atoms with E-state index in [1.54, 1.807) is 0 Å². The summed E-state index contributed by atoms with van der Waals surface area (Å²) >= 11 is 0. The number of fused-ring (bicyclic) bond motifs is 5. The number of hydrogen-bond donors (Lipinski definition) is 2. The number of nitrogens with zero attached hydrogens (tertiary/aromatic N) is 1. The van der Waals surface area contributed by atoms with E-state index in [9.17, 15) is 4.79 Å². The lowest BCUT2D eigenvalue weighted by Gasteiger charge is -2.51. The summed E-state index contributed by atoms with van der Waals surface area (Å²) < 4.78 is 0. The van der Waals surface area contributed by atoms with Gasteiger partial charge in [0.15, 0.2) is 0 Å². The fourth-order valence-electron chi connectivity index (χ4n) is 6.25. The molecule has 0 radical (unpaired) electrons. The van der Waals surface area contributed by atoms with Gasteiger partial charge >= 0.3 is 0 Å². The molecule has 4 nitrogen and oxygen atoms in total. The first-order valence-corrected chi connectivity index (χ1v) is 11.7. The second kappa shape index (κ2) is 7.83. The first kappa shape index (κ1) is 20.3. The summed E-state index contributed by atoms with van der Waals surface area (Å²) in [5.41, 5.74) is 7.27. The molecule has 2 aromatic carbocycles. The van der Waals surface area contributed by atoms with Crippen molar-refractivity contribution in [3.63, 3.8) is 0 Å². The quantitative estimate of drug-likeness (QED) is 0.557. The van der Waals surface area contributed by atoms with Crippen LogP contribution < -0.4 is 5.32 Å². The van der Waals surface area contributed by atoms with Gasteiger partial charge in [-0.3, -0.25) is 9.69 Å². The number of aromatic nitrogens is 1. The van der Waals surface area contributed by atoms with Crippen LogP contribution in [-0.2, 0) is 11.2 Å². The maximum absolute atomic E-state index is 13.3. The lowest BCUT2D eigenvalue weighted by atomic mass is 9.66. The summed E-state index contributed by atoms with van der Waals surface area (Å²) in [6.45, 7) is 8.63. The Kier molecular flexibility index (Phi) is 5.13. The van der Waals surface area contributed by atoms with Gasteiger partial charge in [0.25, 0.3) is 0 Å². The maximum atomic E-state index is 13.3. The molecular formula is C27H33N3O. The normalized spacial score (nSPS) is 23.4. The van der Waals surface area contributed by atoms with Gasteiger partial charge in [0.2, 0.25) is 5.91 Å². The molecule has 5 rings (SSSR count). The van der Waals surface area contributed by atoms with E-state index < -0.39 is 0 Å². The zero-order valence-electron chi connectivity index (χ0n) is 18.9. The molecular weight excluding hydrogens is 382 g/mol. The summed E-state index contributed by atoms with van der Waals surface area (Å²) in [6, 6.07) is 15.2. The number of H-pyrrole nitrogens is 1. The van der Waals surface area contributed by atoms with Gasteiger partial charge in [0.05, 0.1) is 6.04 Å². The molecule has 2 atom stereocenters. The molecule has 162 valence electrons. The number of para-hydroxylation sites is 1. The van der Waals surface area contributed by atoms with E-state index in [-0.39, 0.29) is 17.4 Å². The third-order valence-electron chi connectivity index (χ3n) is 7.56. The van der Waals surface area contributed by atoms with Crippen LogP contribution in [0.25, 0.3) is 10.9 Å². The third kappa shape index (κ3) is 3.57. The maximum Gasteiger partial charge on any atom is 0.225 e. The first-order chi connectivity index (χ1) is 15.0. The van der Waals surface area contributed by atoms with E-state index in [1.807, 2.05) is 0 Å². The molecule has 2 aliphatic rings. The van der Waals surface area contributed by atoms with E-state index in [0.717, 1.165) is 44.5 Å². The Labute approximate surface area is 185 Å². The number of benzene rings is 2. The highest BCUT2D eigenvalue weighted by atomic mass is 16.1. The number of hydrogen-bond acceptors (Lipinski definition) is 2. The Morgan fingerprint density at radius 3 is 2.71 bits per heavy atom. The van der Waals surface area contributed by atoms with Crippen molar-refractivity contribution in [2.24, 2.45) is 5.41 Å². The fraction of sp³-hybridized carbons (Fsp3) is 0.444. The van der Waals surface area contributed by atoms with Crippen LogP contribution in [0.3, 0.4) is 0 Å². The zero-order chi connectivity index (χ0) is 21.6. The molecule has 0 saturated carbocycles. The number of carbonyl (C=O) groups is 1.